The van der Waals surface area contributed by atoms with Gasteiger partial charge in [-0.2, -0.15) is 0 Å². The highest BCUT2D eigenvalue weighted by atomic mass is 79.9. The second-order valence-electron chi connectivity index (χ2n) is 5.12. The number of rotatable bonds is 6. The summed E-state index contributed by atoms with van der Waals surface area (Å²) in [5, 5.41) is 11.6. The molecule has 0 bridgehead atoms. The predicted octanol–water partition coefficient (Wildman–Crippen LogP) is 2.61. The maximum Gasteiger partial charge on any atom is 0.270 e. The summed E-state index contributed by atoms with van der Waals surface area (Å²) in [4.78, 5) is 16.8. The van der Waals surface area contributed by atoms with E-state index in [1.54, 1.807) is 0 Å². The number of pyridine rings is 1. The first-order valence-corrected chi connectivity index (χ1v) is 7.87. The van der Waals surface area contributed by atoms with Gasteiger partial charge in [0, 0.05) is 23.8 Å². The Kier molecular flexibility index (Phi) is 5.36. The van der Waals surface area contributed by atoms with E-state index in [1.807, 2.05) is 30.5 Å². The van der Waals surface area contributed by atoms with Gasteiger partial charge in [-0.05, 0) is 60.7 Å². The number of halogens is 1. The van der Waals surface area contributed by atoms with Crippen molar-refractivity contribution >= 4 is 27.5 Å². The van der Waals surface area contributed by atoms with Gasteiger partial charge in [-0.25, -0.2) is 4.98 Å². The quantitative estimate of drug-likeness (QED) is 0.784. The van der Waals surface area contributed by atoms with Crippen LogP contribution in [0.15, 0.2) is 16.7 Å². The van der Waals surface area contributed by atoms with E-state index in [9.17, 15) is 4.79 Å². The fourth-order valence-electron chi connectivity index (χ4n) is 2.35. The highest BCUT2D eigenvalue weighted by molar-refractivity contribution is 9.10. The minimum Gasteiger partial charge on any atom is -0.396 e. The van der Waals surface area contributed by atoms with E-state index < -0.39 is 0 Å². The van der Waals surface area contributed by atoms with Crippen molar-refractivity contribution in [2.45, 2.75) is 33.1 Å². The molecule has 1 amide bonds. The number of hydrogen-bond donors (Lipinski definition) is 2. The number of hydrogen-bond acceptors (Lipinski definition) is 3. The number of fused-ring (bicyclic) bond motifs is 1. The molecule has 0 saturated carbocycles. The lowest BCUT2D eigenvalue weighted by Gasteiger charge is -2.07. The Balaban J connectivity index is 2.17. The van der Waals surface area contributed by atoms with Crippen molar-refractivity contribution in [1.82, 2.24) is 14.7 Å². The van der Waals surface area contributed by atoms with Crippen molar-refractivity contribution in [3.8, 4) is 0 Å². The minimum absolute atomic E-state index is 0.110. The number of aromatic nitrogens is 2. The van der Waals surface area contributed by atoms with Crippen LogP contribution in [0.4, 0.5) is 0 Å². The zero-order chi connectivity index (χ0) is 15.4. The van der Waals surface area contributed by atoms with Crippen LogP contribution in [0, 0.1) is 13.8 Å². The van der Waals surface area contributed by atoms with Crippen molar-refractivity contribution in [2.24, 2.45) is 0 Å². The van der Waals surface area contributed by atoms with Crippen LogP contribution in [0.1, 0.15) is 41.0 Å². The SMILES string of the molecule is Cc1nc2c(C)cc(Br)cn2c1C(=O)NCCCCCO. The Morgan fingerprint density at radius 3 is 2.86 bits per heavy atom. The molecule has 0 aliphatic carbocycles. The number of carbonyl (C=O) groups excluding carboxylic acids is 1. The Morgan fingerprint density at radius 1 is 1.38 bits per heavy atom. The van der Waals surface area contributed by atoms with Gasteiger partial charge in [0.2, 0.25) is 0 Å². The Labute approximate surface area is 132 Å². The summed E-state index contributed by atoms with van der Waals surface area (Å²) in [6.45, 7) is 4.64. The van der Waals surface area contributed by atoms with E-state index in [1.165, 1.54) is 0 Å². The molecule has 0 unspecified atom stereocenters. The lowest BCUT2D eigenvalue weighted by Crippen LogP contribution is -2.26. The molecule has 0 aromatic carbocycles. The first-order chi connectivity index (χ1) is 10.0. The van der Waals surface area contributed by atoms with E-state index in [0.29, 0.717) is 12.2 Å². The van der Waals surface area contributed by atoms with Crippen molar-refractivity contribution in [3.63, 3.8) is 0 Å². The lowest BCUT2D eigenvalue weighted by atomic mass is 10.2. The van der Waals surface area contributed by atoms with Gasteiger partial charge in [-0.15, -0.1) is 0 Å². The van der Waals surface area contributed by atoms with Gasteiger partial charge >= 0.3 is 0 Å². The molecule has 2 N–H and O–H groups in total. The summed E-state index contributed by atoms with van der Waals surface area (Å²) in [5.74, 6) is -0.110. The van der Waals surface area contributed by atoms with Crippen molar-refractivity contribution in [3.05, 3.63) is 33.7 Å². The van der Waals surface area contributed by atoms with Crippen LogP contribution in [0.2, 0.25) is 0 Å². The highest BCUT2D eigenvalue weighted by Crippen LogP contribution is 2.20. The number of carbonyl (C=O) groups is 1. The Morgan fingerprint density at radius 2 is 2.14 bits per heavy atom. The third-order valence-electron chi connectivity index (χ3n) is 3.38. The summed E-state index contributed by atoms with van der Waals surface area (Å²) in [6, 6.07) is 1.98. The molecule has 0 aliphatic rings. The average molecular weight is 354 g/mol. The summed E-state index contributed by atoms with van der Waals surface area (Å²) < 4.78 is 2.75. The lowest BCUT2D eigenvalue weighted by molar-refractivity contribution is 0.0946. The van der Waals surface area contributed by atoms with Crippen LogP contribution >= 0.6 is 15.9 Å². The summed E-state index contributed by atoms with van der Waals surface area (Å²) in [6.07, 6.45) is 4.41. The molecular weight excluding hydrogens is 334 g/mol. The molecule has 0 aliphatic heterocycles. The minimum atomic E-state index is -0.110. The van der Waals surface area contributed by atoms with Gasteiger partial charge < -0.3 is 10.4 Å². The average Bonchev–Trinajstić information content (AvgIpc) is 2.75. The summed E-state index contributed by atoms with van der Waals surface area (Å²) >= 11 is 3.45. The molecule has 0 saturated heterocycles. The van der Waals surface area contributed by atoms with Gasteiger partial charge in [0.1, 0.15) is 11.3 Å². The van der Waals surface area contributed by atoms with Crippen LogP contribution < -0.4 is 5.32 Å². The van der Waals surface area contributed by atoms with Crippen molar-refractivity contribution in [1.29, 1.82) is 0 Å². The van der Waals surface area contributed by atoms with Crippen LogP contribution in [-0.2, 0) is 0 Å². The fourth-order valence-corrected chi connectivity index (χ4v) is 2.90. The third kappa shape index (κ3) is 3.63. The second kappa shape index (κ2) is 7.04. The standard InChI is InChI=1S/C15H20BrN3O2/c1-10-8-12(16)9-19-13(11(2)18-14(10)19)15(21)17-6-4-3-5-7-20/h8-9,20H,3-7H2,1-2H3,(H,17,21). The first kappa shape index (κ1) is 16.0. The predicted molar refractivity (Wildman–Crippen MR) is 85.6 cm³/mol. The number of aliphatic hydroxyl groups is 1. The number of unbranched alkanes of at least 4 members (excludes halogenated alkanes) is 2. The molecule has 0 atom stereocenters. The maximum atomic E-state index is 12.4. The summed E-state index contributed by atoms with van der Waals surface area (Å²) in [5.41, 5.74) is 3.14. The number of imidazole rings is 1. The number of amides is 1. The molecule has 2 aromatic heterocycles. The number of aryl methyl sites for hydroxylation is 2. The maximum absolute atomic E-state index is 12.4. The molecule has 114 valence electrons. The second-order valence-corrected chi connectivity index (χ2v) is 6.04. The van der Waals surface area contributed by atoms with E-state index in [-0.39, 0.29) is 12.5 Å². The van der Waals surface area contributed by atoms with E-state index >= 15 is 0 Å². The molecule has 5 nitrogen and oxygen atoms in total. The Bertz CT molecular complexity index is 652. The molecule has 0 spiro atoms. The van der Waals surface area contributed by atoms with Crippen LogP contribution in [0.5, 0.6) is 0 Å². The van der Waals surface area contributed by atoms with Crippen molar-refractivity contribution in [2.75, 3.05) is 13.2 Å². The topological polar surface area (TPSA) is 66.6 Å². The molecule has 6 heteroatoms. The number of nitrogens with zero attached hydrogens (tertiary/aromatic N) is 2. The molecule has 2 rings (SSSR count). The molecule has 0 fully saturated rings. The molecule has 21 heavy (non-hydrogen) atoms. The number of aliphatic hydroxyl groups excluding tert-OH is 1. The molecule has 2 heterocycles. The largest absolute Gasteiger partial charge is 0.396 e. The van der Waals surface area contributed by atoms with E-state index in [0.717, 1.165) is 40.6 Å². The van der Waals surface area contributed by atoms with E-state index in [2.05, 4.69) is 26.2 Å². The van der Waals surface area contributed by atoms with Gasteiger partial charge in [0.25, 0.3) is 5.91 Å². The van der Waals surface area contributed by atoms with Gasteiger partial charge in [-0.1, -0.05) is 0 Å². The van der Waals surface area contributed by atoms with Crippen LogP contribution in [0.3, 0.4) is 0 Å². The van der Waals surface area contributed by atoms with Gasteiger partial charge in [-0.3, -0.25) is 9.20 Å². The zero-order valence-electron chi connectivity index (χ0n) is 12.3. The number of nitrogens with one attached hydrogen (secondary N) is 1. The van der Waals surface area contributed by atoms with Gasteiger partial charge in [0.15, 0.2) is 0 Å². The smallest absolute Gasteiger partial charge is 0.270 e. The molecular formula is C15H20BrN3O2. The third-order valence-corrected chi connectivity index (χ3v) is 3.81. The van der Waals surface area contributed by atoms with Crippen molar-refractivity contribution < 1.29 is 9.90 Å². The van der Waals surface area contributed by atoms with Gasteiger partial charge in [0.05, 0.1) is 5.69 Å². The van der Waals surface area contributed by atoms with E-state index in [4.69, 9.17) is 5.11 Å². The van der Waals surface area contributed by atoms with Crippen LogP contribution in [0.25, 0.3) is 5.65 Å². The highest BCUT2D eigenvalue weighted by Gasteiger charge is 2.17. The monoisotopic (exact) mass is 353 g/mol. The zero-order valence-corrected chi connectivity index (χ0v) is 13.9. The van der Waals surface area contributed by atoms with Crippen LogP contribution in [-0.4, -0.2) is 33.6 Å². The molecule has 2 aromatic rings. The fraction of sp³-hybridized carbons (Fsp3) is 0.467. The Hall–Kier alpha value is -1.40. The molecule has 0 radical (unpaired) electrons. The normalized spacial score (nSPS) is 11.0. The summed E-state index contributed by atoms with van der Waals surface area (Å²) in [7, 11) is 0. The first-order valence-electron chi connectivity index (χ1n) is 7.08.